The first-order valence-electron chi connectivity index (χ1n) is 8.22. The Bertz CT molecular complexity index is 618. The topological polar surface area (TPSA) is 41.1 Å². The Morgan fingerprint density at radius 3 is 2.50 bits per heavy atom. The lowest BCUT2D eigenvalue weighted by atomic mass is 10.1. The number of benzene rings is 1. The lowest BCUT2D eigenvalue weighted by Gasteiger charge is -2.22. The second kappa shape index (κ2) is 6.77. The largest absolute Gasteiger partial charge is 0.356 e. The molecule has 0 bridgehead atoms. The third-order valence-electron chi connectivity index (χ3n) is 4.13. The van der Waals surface area contributed by atoms with Crippen LogP contribution in [0.15, 0.2) is 30.3 Å². The summed E-state index contributed by atoms with van der Waals surface area (Å²) >= 11 is 0. The number of anilines is 3. The van der Waals surface area contributed by atoms with Crippen molar-refractivity contribution in [2.75, 3.05) is 23.3 Å². The van der Waals surface area contributed by atoms with E-state index < -0.39 is 0 Å². The summed E-state index contributed by atoms with van der Waals surface area (Å²) in [6.45, 7) is 6.53. The van der Waals surface area contributed by atoms with E-state index in [0.717, 1.165) is 43.1 Å². The van der Waals surface area contributed by atoms with Crippen LogP contribution in [0.2, 0.25) is 0 Å². The molecule has 1 saturated heterocycles. The standard InChI is InChI=1S/C18H24N4/c1-3-9-16-14(2)19-18(20-15-10-5-4-6-11-15)21-17(16)22-12-7-8-13-22/h4-6,10-11H,3,7-9,12-13H2,1-2H3,(H,19,20,21). The minimum atomic E-state index is 0.699. The van der Waals surface area contributed by atoms with Crippen LogP contribution in [0.5, 0.6) is 0 Å². The van der Waals surface area contributed by atoms with E-state index in [1.54, 1.807) is 0 Å². The Morgan fingerprint density at radius 1 is 1.09 bits per heavy atom. The number of rotatable bonds is 5. The molecule has 0 aliphatic carbocycles. The van der Waals surface area contributed by atoms with Crippen LogP contribution < -0.4 is 10.2 Å². The van der Waals surface area contributed by atoms with Crippen molar-refractivity contribution >= 4 is 17.5 Å². The van der Waals surface area contributed by atoms with Crippen LogP contribution in [0.25, 0.3) is 0 Å². The molecule has 0 spiro atoms. The molecular formula is C18H24N4. The fourth-order valence-electron chi connectivity index (χ4n) is 3.02. The summed E-state index contributed by atoms with van der Waals surface area (Å²) in [5.74, 6) is 1.83. The maximum absolute atomic E-state index is 4.83. The molecule has 4 nitrogen and oxygen atoms in total. The molecule has 3 rings (SSSR count). The number of nitrogens with one attached hydrogen (secondary N) is 1. The molecule has 1 aliphatic rings. The summed E-state index contributed by atoms with van der Waals surface area (Å²) in [6.07, 6.45) is 4.69. The van der Waals surface area contributed by atoms with Gasteiger partial charge in [0, 0.05) is 30.0 Å². The molecule has 0 atom stereocenters. The fourth-order valence-corrected chi connectivity index (χ4v) is 3.02. The molecular weight excluding hydrogens is 272 g/mol. The summed E-state index contributed by atoms with van der Waals surface area (Å²) in [5, 5.41) is 3.33. The van der Waals surface area contributed by atoms with Gasteiger partial charge in [-0.1, -0.05) is 31.5 Å². The van der Waals surface area contributed by atoms with Gasteiger partial charge in [-0.15, -0.1) is 0 Å². The van der Waals surface area contributed by atoms with Gasteiger partial charge in [-0.2, -0.15) is 4.98 Å². The summed E-state index contributed by atoms with van der Waals surface area (Å²) in [6, 6.07) is 10.1. The van der Waals surface area contributed by atoms with Crippen LogP contribution in [0.4, 0.5) is 17.5 Å². The monoisotopic (exact) mass is 296 g/mol. The van der Waals surface area contributed by atoms with Gasteiger partial charge in [0.1, 0.15) is 5.82 Å². The highest BCUT2D eigenvalue weighted by atomic mass is 15.2. The SMILES string of the molecule is CCCc1c(C)nc(Nc2ccccc2)nc1N1CCCC1. The van der Waals surface area contributed by atoms with E-state index in [1.165, 1.54) is 18.4 Å². The van der Waals surface area contributed by atoms with Crippen molar-refractivity contribution in [3.05, 3.63) is 41.6 Å². The highest BCUT2D eigenvalue weighted by Gasteiger charge is 2.20. The first kappa shape index (κ1) is 14.8. The molecule has 116 valence electrons. The minimum absolute atomic E-state index is 0.699. The second-order valence-electron chi connectivity index (χ2n) is 5.87. The molecule has 4 heteroatoms. The Labute approximate surface area is 132 Å². The van der Waals surface area contributed by atoms with Crippen LogP contribution in [-0.2, 0) is 6.42 Å². The van der Waals surface area contributed by atoms with E-state index in [9.17, 15) is 0 Å². The van der Waals surface area contributed by atoms with Gasteiger partial charge >= 0.3 is 0 Å². The Kier molecular flexibility index (Phi) is 4.56. The Balaban J connectivity index is 1.94. The number of hydrogen-bond donors (Lipinski definition) is 1. The lowest BCUT2D eigenvalue weighted by molar-refractivity contribution is 0.846. The number of aromatic nitrogens is 2. The van der Waals surface area contributed by atoms with Crippen LogP contribution >= 0.6 is 0 Å². The number of hydrogen-bond acceptors (Lipinski definition) is 4. The molecule has 1 N–H and O–H groups in total. The van der Waals surface area contributed by atoms with Gasteiger partial charge in [0.15, 0.2) is 0 Å². The highest BCUT2D eigenvalue weighted by molar-refractivity contribution is 5.58. The minimum Gasteiger partial charge on any atom is -0.356 e. The molecule has 1 aromatic carbocycles. The van der Waals surface area contributed by atoms with E-state index in [2.05, 4.69) is 29.0 Å². The predicted molar refractivity (Wildman–Crippen MR) is 91.9 cm³/mol. The van der Waals surface area contributed by atoms with Gasteiger partial charge in [-0.05, 0) is 38.3 Å². The average Bonchev–Trinajstić information content (AvgIpc) is 3.05. The molecule has 1 aliphatic heterocycles. The summed E-state index contributed by atoms with van der Waals surface area (Å²) in [7, 11) is 0. The summed E-state index contributed by atoms with van der Waals surface area (Å²) in [5.41, 5.74) is 3.43. The number of aryl methyl sites for hydroxylation is 1. The van der Waals surface area contributed by atoms with Crippen molar-refractivity contribution in [3.63, 3.8) is 0 Å². The first-order valence-corrected chi connectivity index (χ1v) is 8.22. The predicted octanol–water partition coefficient (Wildman–Crippen LogP) is 4.08. The van der Waals surface area contributed by atoms with Crippen LogP contribution in [0, 0.1) is 6.92 Å². The molecule has 0 unspecified atom stereocenters. The number of nitrogens with zero attached hydrogens (tertiary/aromatic N) is 3. The smallest absolute Gasteiger partial charge is 0.229 e. The van der Waals surface area contributed by atoms with E-state index in [0.29, 0.717) is 5.95 Å². The van der Waals surface area contributed by atoms with Crippen molar-refractivity contribution in [2.24, 2.45) is 0 Å². The van der Waals surface area contributed by atoms with Gasteiger partial charge < -0.3 is 10.2 Å². The molecule has 0 radical (unpaired) electrons. The Morgan fingerprint density at radius 2 is 1.82 bits per heavy atom. The Hall–Kier alpha value is -2.10. The lowest BCUT2D eigenvalue weighted by Crippen LogP contribution is -2.22. The summed E-state index contributed by atoms with van der Waals surface area (Å²) < 4.78 is 0. The normalized spacial score (nSPS) is 14.4. The molecule has 2 aromatic rings. The average molecular weight is 296 g/mol. The van der Waals surface area contributed by atoms with Gasteiger partial charge in [0.25, 0.3) is 0 Å². The molecule has 0 amide bonds. The van der Waals surface area contributed by atoms with E-state index >= 15 is 0 Å². The molecule has 0 saturated carbocycles. The maximum atomic E-state index is 4.83. The first-order chi connectivity index (χ1) is 10.8. The van der Waals surface area contributed by atoms with Crippen molar-refractivity contribution in [3.8, 4) is 0 Å². The zero-order valence-electron chi connectivity index (χ0n) is 13.5. The summed E-state index contributed by atoms with van der Waals surface area (Å²) in [4.78, 5) is 11.9. The molecule has 2 heterocycles. The van der Waals surface area contributed by atoms with Crippen molar-refractivity contribution in [1.82, 2.24) is 9.97 Å². The zero-order valence-corrected chi connectivity index (χ0v) is 13.5. The van der Waals surface area contributed by atoms with Gasteiger partial charge in [-0.25, -0.2) is 4.98 Å². The number of para-hydroxylation sites is 1. The molecule has 22 heavy (non-hydrogen) atoms. The zero-order chi connectivity index (χ0) is 15.4. The van der Waals surface area contributed by atoms with Crippen LogP contribution in [0.3, 0.4) is 0 Å². The van der Waals surface area contributed by atoms with E-state index in [4.69, 9.17) is 4.98 Å². The van der Waals surface area contributed by atoms with E-state index in [-0.39, 0.29) is 0 Å². The fraction of sp³-hybridized carbons (Fsp3) is 0.444. The second-order valence-corrected chi connectivity index (χ2v) is 5.87. The third kappa shape index (κ3) is 3.21. The van der Waals surface area contributed by atoms with Crippen molar-refractivity contribution < 1.29 is 0 Å². The van der Waals surface area contributed by atoms with Crippen molar-refractivity contribution in [2.45, 2.75) is 39.5 Å². The quantitative estimate of drug-likeness (QED) is 0.902. The van der Waals surface area contributed by atoms with Crippen LogP contribution in [-0.4, -0.2) is 23.1 Å². The van der Waals surface area contributed by atoms with Gasteiger partial charge in [0.2, 0.25) is 5.95 Å². The third-order valence-corrected chi connectivity index (χ3v) is 4.13. The van der Waals surface area contributed by atoms with E-state index in [1.807, 2.05) is 30.3 Å². The molecule has 1 fully saturated rings. The van der Waals surface area contributed by atoms with Crippen molar-refractivity contribution in [1.29, 1.82) is 0 Å². The van der Waals surface area contributed by atoms with Crippen LogP contribution in [0.1, 0.15) is 37.4 Å². The van der Waals surface area contributed by atoms with Gasteiger partial charge in [-0.3, -0.25) is 0 Å². The highest BCUT2D eigenvalue weighted by Crippen LogP contribution is 2.27. The maximum Gasteiger partial charge on any atom is 0.229 e. The molecule has 1 aromatic heterocycles. The van der Waals surface area contributed by atoms with Gasteiger partial charge in [0.05, 0.1) is 0 Å².